The summed E-state index contributed by atoms with van der Waals surface area (Å²) in [6.45, 7) is 2.95. The second-order valence-electron chi connectivity index (χ2n) is 4.56. The van der Waals surface area contributed by atoms with Gasteiger partial charge in [-0.05, 0) is 59.8 Å². The molecule has 22 heavy (non-hydrogen) atoms. The molecule has 0 saturated heterocycles. The normalized spacial score (nSPS) is 10.1. The summed E-state index contributed by atoms with van der Waals surface area (Å²) >= 11 is 2.22. The molecule has 5 heteroatoms. The summed E-state index contributed by atoms with van der Waals surface area (Å²) in [5, 5.41) is 2.83. The second kappa shape index (κ2) is 8.63. The van der Waals surface area contributed by atoms with Crippen LogP contribution in [0.25, 0.3) is 0 Å². The average molecular weight is 411 g/mol. The van der Waals surface area contributed by atoms with Crippen molar-refractivity contribution in [2.45, 2.75) is 13.5 Å². The molecule has 1 amide bonds. The van der Waals surface area contributed by atoms with Gasteiger partial charge in [-0.25, -0.2) is 0 Å². The van der Waals surface area contributed by atoms with Crippen LogP contribution in [0.4, 0.5) is 0 Å². The summed E-state index contributed by atoms with van der Waals surface area (Å²) in [5.74, 6) is 1.32. The predicted octanol–water partition coefficient (Wildman–Crippen LogP) is 3.39. The van der Waals surface area contributed by atoms with Gasteiger partial charge < -0.3 is 14.8 Å². The van der Waals surface area contributed by atoms with E-state index in [0.29, 0.717) is 18.9 Å². The highest BCUT2D eigenvalue weighted by Crippen LogP contribution is 2.17. The Kier molecular flexibility index (Phi) is 6.51. The van der Waals surface area contributed by atoms with Gasteiger partial charge >= 0.3 is 0 Å². The number of hydrogen-bond donors (Lipinski definition) is 1. The number of rotatable bonds is 7. The fourth-order valence-electron chi connectivity index (χ4n) is 1.87. The number of carbonyl (C=O) groups is 1. The zero-order chi connectivity index (χ0) is 15.8. The molecule has 0 unspecified atom stereocenters. The van der Waals surface area contributed by atoms with Crippen molar-refractivity contribution in [2.24, 2.45) is 0 Å². The maximum atomic E-state index is 11.8. The minimum absolute atomic E-state index is 0.00259. The van der Waals surface area contributed by atoms with Gasteiger partial charge in [0.05, 0.1) is 6.61 Å². The van der Waals surface area contributed by atoms with Crippen LogP contribution in [0, 0.1) is 3.57 Å². The van der Waals surface area contributed by atoms with Crippen molar-refractivity contribution < 1.29 is 14.3 Å². The first-order valence-corrected chi connectivity index (χ1v) is 8.12. The predicted molar refractivity (Wildman–Crippen MR) is 94.1 cm³/mol. The first-order chi connectivity index (χ1) is 10.7. The quantitative estimate of drug-likeness (QED) is 0.711. The smallest absolute Gasteiger partial charge is 0.258 e. The monoisotopic (exact) mass is 411 g/mol. The minimum atomic E-state index is -0.162. The number of nitrogens with one attached hydrogen (secondary N) is 1. The molecule has 0 bridgehead atoms. The van der Waals surface area contributed by atoms with Gasteiger partial charge in [0.15, 0.2) is 6.61 Å². The number of hydrogen-bond acceptors (Lipinski definition) is 3. The zero-order valence-corrected chi connectivity index (χ0v) is 14.5. The van der Waals surface area contributed by atoms with Crippen molar-refractivity contribution in [1.82, 2.24) is 5.32 Å². The van der Waals surface area contributed by atoms with Gasteiger partial charge in [0.25, 0.3) is 5.91 Å². The summed E-state index contributed by atoms with van der Waals surface area (Å²) in [5.41, 5.74) is 0.951. The molecule has 1 N–H and O–H groups in total. The van der Waals surface area contributed by atoms with Crippen molar-refractivity contribution in [3.05, 3.63) is 57.7 Å². The molecule has 0 fully saturated rings. The van der Waals surface area contributed by atoms with E-state index in [0.717, 1.165) is 14.9 Å². The number of para-hydroxylation sites is 1. The van der Waals surface area contributed by atoms with E-state index < -0.39 is 0 Å². The Bertz CT molecular complexity index is 614. The van der Waals surface area contributed by atoms with Gasteiger partial charge in [0.1, 0.15) is 11.5 Å². The Labute approximate surface area is 144 Å². The molecule has 0 aromatic heterocycles. The summed E-state index contributed by atoms with van der Waals surface area (Å²) < 4.78 is 12.1. The van der Waals surface area contributed by atoms with E-state index in [4.69, 9.17) is 9.47 Å². The highest BCUT2D eigenvalue weighted by Gasteiger charge is 2.06. The topological polar surface area (TPSA) is 47.6 Å². The van der Waals surface area contributed by atoms with Crippen molar-refractivity contribution in [3.63, 3.8) is 0 Å². The SMILES string of the molecule is CCOc1ccccc1CNC(=O)COc1ccc(I)cc1. The summed E-state index contributed by atoms with van der Waals surface area (Å²) in [7, 11) is 0. The lowest BCUT2D eigenvalue weighted by Crippen LogP contribution is -2.28. The van der Waals surface area contributed by atoms with Crippen LogP contribution in [0.1, 0.15) is 12.5 Å². The first kappa shape index (κ1) is 16.6. The Morgan fingerprint density at radius 3 is 2.55 bits per heavy atom. The van der Waals surface area contributed by atoms with Gasteiger partial charge in [-0.2, -0.15) is 0 Å². The third kappa shape index (κ3) is 5.22. The fourth-order valence-corrected chi connectivity index (χ4v) is 2.23. The van der Waals surface area contributed by atoms with E-state index in [1.807, 2.05) is 55.5 Å². The third-order valence-corrected chi connectivity index (χ3v) is 3.65. The summed E-state index contributed by atoms with van der Waals surface area (Å²) in [6.07, 6.45) is 0. The molecule has 0 atom stereocenters. The van der Waals surface area contributed by atoms with Crippen LogP contribution in [-0.2, 0) is 11.3 Å². The Morgan fingerprint density at radius 2 is 1.82 bits per heavy atom. The Morgan fingerprint density at radius 1 is 1.09 bits per heavy atom. The lowest BCUT2D eigenvalue weighted by molar-refractivity contribution is -0.123. The number of halogens is 1. The van der Waals surface area contributed by atoms with Gasteiger partial charge in [0.2, 0.25) is 0 Å². The van der Waals surface area contributed by atoms with Crippen LogP contribution in [0.2, 0.25) is 0 Å². The molecule has 2 aromatic carbocycles. The second-order valence-corrected chi connectivity index (χ2v) is 5.81. The Balaban J connectivity index is 1.81. The molecule has 0 aliphatic carbocycles. The van der Waals surface area contributed by atoms with Gasteiger partial charge in [-0.3, -0.25) is 4.79 Å². The standard InChI is InChI=1S/C17H18INO3/c1-2-21-16-6-4-3-5-13(16)11-19-17(20)12-22-15-9-7-14(18)8-10-15/h3-10H,2,11-12H2,1H3,(H,19,20). The van der Waals surface area contributed by atoms with Gasteiger partial charge in [-0.1, -0.05) is 18.2 Å². The highest BCUT2D eigenvalue weighted by molar-refractivity contribution is 14.1. The molecule has 4 nitrogen and oxygen atoms in total. The maximum Gasteiger partial charge on any atom is 0.258 e. The van der Waals surface area contributed by atoms with Crippen LogP contribution < -0.4 is 14.8 Å². The number of carbonyl (C=O) groups excluding carboxylic acids is 1. The van der Waals surface area contributed by atoms with E-state index >= 15 is 0 Å². The summed E-state index contributed by atoms with van der Waals surface area (Å²) in [4.78, 5) is 11.8. The highest BCUT2D eigenvalue weighted by atomic mass is 127. The van der Waals surface area contributed by atoms with Crippen molar-refractivity contribution >= 4 is 28.5 Å². The molecule has 0 aliphatic rings. The first-order valence-electron chi connectivity index (χ1n) is 7.05. The van der Waals surface area contributed by atoms with Crippen LogP contribution >= 0.6 is 22.6 Å². The van der Waals surface area contributed by atoms with E-state index in [9.17, 15) is 4.79 Å². The molecule has 0 spiro atoms. The molecule has 0 saturated carbocycles. The number of ether oxygens (including phenoxy) is 2. The molecule has 2 rings (SSSR count). The number of amides is 1. The van der Waals surface area contributed by atoms with Gasteiger partial charge in [0, 0.05) is 15.7 Å². The molecule has 2 aromatic rings. The van der Waals surface area contributed by atoms with Crippen molar-refractivity contribution in [2.75, 3.05) is 13.2 Å². The van der Waals surface area contributed by atoms with E-state index in [2.05, 4.69) is 27.9 Å². The Hall–Kier alpha value is -1.76. The molecule has 0 heterocycles. The molecule has 0 aliphatic heterocycles. The van der Waals surface area contributed by atoms with Crippen molar-refractivity contribution in [3.8, 4) is 11.5 Å². The van der Waals surface area contributed by atoms with Crippen LogP contribution in [0.5, 0.6) is 11.5 Å². The fraction of sp³-hybridized carbons (Fsp3) is 0.235. The van der Waals surface area contributed by atoms with E-state index in [-0.39, 0.29) is 12.5 Å². The average Bonchev–Trinajstić information content (AvgIpc) is 2.54. The molecular formula is C17H18INO3. The molecule has 116 valence electrons. The molecule has 0 radical (unpaired) electrons. The van der Waals surface area contributed by atoms with E-state index in [1.54, 1.807) is 0 Å². The lowest BCUT2D eigenvalue weighted by atomic mass is 10.2. The van der Waals surface area contributed by atoms with Crippen LogP contribution in [-0.4, -0.2) is 19.1 Å². The summed E-state index contributed by atoms with van der Waals surface area (Å²) in [6, 6.07) is 15.2. The minimum Gasteiger partial charge on any atom is -0.494 e. The largest absolute Gasteiger partial charge is 0.494 e. The number of benzene rings is 2. The van der Waals surface area contributed by atoms with Crippen LogP contribution in [0.3, 0.4) is 0 Å². The lowest BCUT2D eigenvalue weighted by Gasteiger charge is -2.11. The molecular weight excluding hydrogens is 393 g/mol. The maximum absolute atomic E-state index is 11.8. The van der Waals surface area contributed by atoms with E-state index in [1.165, 1.54) is 0 Å². The zero-order valence-electron chi connectivity index (χ0n) is 12.3. The van der Waals surface area contributed by atoms with Crippen LogP contribution in [0.15, 0.2) is 48.5 Å². The third-order valence-electron chi connectivity index (χ3n) is 2.93. The van der Waals surface area contributed by atoms with Crippen molar-refractivity contribution in [1.29, 1.82) is 0 Å². The van der Waals surface area contributed by atoms with Gasteiger partial charge in [-0.15, -0.1) is 0 Å².